The Hall–Kier alpha value is -1.63. The minimum Gasteiger partial charge on any atom is -0.357 e. The zero-order valence-electron chi connectivity index (χ0n) is 14.2. The van der Waals surface area contributed by atoms with Gasteiger partial charge in [0, 0.05) is 30.9 Å². The first-order valence-electron chi connectivity index (χ1n) is 8.34. The maximum absolute atomic E-state index is 11.6. The molecule has 0 aliphatic heterocycles. The third-order valence-electron chi connectivity index (χ3n) is 3.54. The maximum atomic E-state index is 11.6. The van der Waals surface area contributed by atoms with Crippen molar-refractivity contribution in [2.24, 2.45) is 10.9 Å². The summed E-state index contributed by atoms with van der Waals surface area (Å²) in [6.45, 7) is 8.98. The van der Waals surface area contributed by atoms with Crippen LogP contribution in [0.3, 0.4) is 0 Å². The normalized spacial score (nSPS) is 14.9. The summed E-state index contributed by atoms with van der Waals surface area (Å²) in [6.07, 6.45) is 2.07. The quantitative estimate of drug-likeness (QED) is 0.384. The molecule has 128 valence electrons. The highest BCUT2D eigenvalue weighted by molar-refractivity contribution is 7.09. The van der Waals surface area contributed by atoms with Crippen molar-refractivity contribution >= 4 is 23.2 Å². The highest BCUT2D eigenvalue weighted by Crippen LogP contribution is 2.28. The van der Waals surface area contributed by atoms with Crippen LogP contribution in [0.2, 0.25) is 0 Å². The van der Waals surface area contributed by atoms with Gasteiger partial charge in [-0.25, -0.2) is 9.98 Å². The van der Waals surface area contributed by atoms with E-state index in [0.717, 1.165) is 36.0 Å². The molecule has 23 heavy (non-hydrogen) atoms. The molecule has 0 unspecified atom stereocenters. The Morgan fingerprint density at radius 3 is 2.70 bits per heavy atom. The molecule has 0 bridgehead atoms. The maximum Gasteiger partial charge on any atom is 0.223 e. The van der Waals surface area contributed by atoms with Crippen molar-refractivity contribution in [2.45, 2.75) is 46.1 Å². The van der Waals surface area contributed by atoms with Crippen molar-refractivity contribution in [3.05, 3.63) is 16.1 Å². The molecule has 1 amide bonds. The fourth-order valence-electron chi connectivity index (χ4n) is 2.01. The minimum atomic E-state index is 0.178. The fraction of sp³-hybridized carbons (Fsp3) is 0.688. The van der Waals surface area contributed by atoms with Crippen molar-refractivity contribution < 1.29 is 4.79 Å². The highest BCUT2D eigenvalue weighted by Gasteiger charge is 2.28. The summed E-state index contributed by atoms with van der Waals surface area (Å²) in [6, 6.07) is 0. The predicted octanol–water partition coefficient (Wildman–Crippen LogP) is 1.85. The lowest BCUT2D eigenvalue weighted by atomic mass is 10.2. The van der Waals surface area contributed by atoms with E-state index in [1.807, 2.05) is 6.92 Å². The van der Waals surface area contributed by atoms with Crippen molar-refractivity contribution in [1.82, 2.24) is 20.9 Å². The molecular formula is C16H27N5OS. The summed E-state index contributed by atoms with van der Waals surface area (Å²) < 4.78 is 0. The van der Waals surface area contributed by atoms with Gasteiger partial charge < -0.3 is 16.0 Å². The molecule has 6 nitrogen and oxygen atoms in total. The molecule has 1 aliphatic carbocycles. The van der Waals surface area contributed by atoms with Crippen LogP contribution >= 0.6 is 11.3 Å². The van der Waals surface area contributed by atoms with Crippen LogP contribution in [0.4, 0.5) is 0 Å². The Bertz CT molecular complexity index is 536. The highest BCUT2D eigenvalue weighted by atomic mass is 32.1. The van der Waals surface area contributed by atoms with Gasteiger partial charge in [0.15, 0.2) is 5.96 Å². The van der Waals surface area contributed by atoms with E-state index in [2.05, 4.69) is 45.2 Å². The van der Waals surface area contributed by atoms with Gasteiger partial charge in [-0.3, -0.25) is 4.79 Å². The molecule has 0 spiro atoms. The largest absolute Gasteiger partial charge is 0.357 e. The number of hydrogen-bond acceptors (Lipinski definition) is 4. The molecule has 7 heteroatoms. The molecule has 1 aromatic heterocycles. The SMILES string of the molecule is CCNC(=NCc1nc(C(C)C)cs1)NCCNC(=O)C1CC1. The summed E-state index contributed by atoms with van der Waals surface area (Å²) in [7, 11) is 0. The van der Waals surface area contributed by atoms with E-state index in [4.69, 9.17) is 0 Å². The number of carbonyl (C=O) groups is 1. The van der Waals surface area contributed by atoms with E-state index in [-0.39, 0.29) is 11.8 Å². The van der Waals surface area contributed by atoms with Gasteiger partial charge in [-0.05, 0) is 25.7 Å². The van der Waals surface area contributed by atoms with Crippen molar-refractivity contribution in [3.63, 3.8) is 0 Å². The number of guanidine groups is 1. The Morgan fingerprint density at radius 2 is 2.09 bits per heavy atom. The number of nitrogens with one attached hydrogen (secondary N) is 3. The van der Waals surface area contributed by atoms with E-state index in [1.54, 1.807) is 11.3 Å². The lowest BCUT2D eigenvalue weighted by Gasteiger charge is -2.11. The van der Waals surface area contributed by atoms with Gasteiger partial charge in [0.2, 0.25) is 5.91 Å². The van der Waals surface area contributed by atoms with Gasteiger partial charge in [-0.15, -0.1) is 11.3 Å². The van der Waals surface area contributed by atoms with E-state index >= 15 is 0 Å². The third-order valence-corrected chi connectivity index (χ3v) is 4.39. The zero-order chi connectivity index (χ0) is 16.7. The predicted molar refractivity (Wildman–Crippen MR) is 94.8 cm³/mol. The molecule has 1 aliphatic rings. The van der Waals surface area contributed by atoms with E-state index < -0.39 is 0 Å². The number of carbonyl (C=O) groups excluding carboxylic acids is 1. The van der Waals surface area contributed by atoms with Crippen LogP contribution in [0, 0.1) is 5.92 Å². The minimum absolute atomic E-state index is 0.178. The van der Waals surface area contributed by atoms with Crippen LogP contribution in [-0.4, -0.2) is 36.5 Å². The lowest BCUT2D eigenvalue weighted by Crippen LogP contribution is -2.41. The van der Waals surface area contributed by atoms with Crippen LogP contribution < -0.4 is 16.0 Å². The second kappa shape index (κ2) is 8.86. The molecule has 3 N–H and O–H groups in total. The molecule has 1 heterocycles. The number of amides is 1. The van der Waals surface area contributed by atoms with Gasteiger partial charge in [0.05, 0.1) is 12.2 Å². The topological polar surface area (TPSA) is 78.4 Å². The first-order chi connectivity index (χ1) is 11.1. The molecule has 1 fully saturated rings. The molecule has 1 saturated carbocycles. The summed E-state index contributed by atoms with van der Waals surface area (Å²) >= 11 is 1.65. The van der Waals surface area contributed by atoms with E-state index in [9.17, 15) is 4.79 Å². The zero-order valence-corrected chi connectivity index (χ0v) is 15.0. The lowest BCUT2D eigenvalue weighted by molar-refractivity contribution is -0.122. The summed E-state index contributed by atoms with van der Waals surface area (Å²) in [5.41, 5.74) is 1.13. The fourth-order valence-corrected chi connectivity index (χ4v) is 2.89. The van der Waals surface area contributed by atoms with Gasteiger partial charge in [-0.2, -0.15) is 0 Å². The monoisotopic (exact) mass is 337 g/mol. The van der Waals surface area contributed by atoms with Crippen molar-refractivity contribution in [2.75, 3.05) is 19.6 Å². The number of hydrogen-bond donors (Lipinski definition) is 3. The number of aliphatic imine (C=N–C) groups is 1. The molecule has 0 saturated heterocycles. The summed E-state index contributed by atoms with van der Waals surface area (Å²) in [5, 5.41) is 12.5. The van der Waals surface area contributed by atoms with Crippen molar-refractivity contribution in [3.8, 4) is 0 Å². The first-order valence-corrected chi connectivity index (χ1v) is 9.22. The Labute approximate surface area is 142 Å². The standard InChI is InChI=1S/C16H27N5OS/c1-4-17-16(19-8-7-18-15(22)12-5-6-12)20-9-14-21-13(10-23-14)11(2)3/h10-12H,4-9H2,1-3H3,(H,18,22)(H2,17,19,20). The van der Waals surface area contributed by atoms with Crippen LogP contribution in [-0.2, 0) is 11.3 Å². The Balaban J connectivity index is 1.75. The van der Waals surface area contributed by atoms with Crippen LogP contribution in [0.15, 0.2) is 10.4 Å². The summed E-state index contributed by atoms with van der Waals surface area (Å²) in [5.74, 6) is 1.65. The molecule has 0 aromatic carbocycles. The molecule has 0 atom stereocenters. The summed E-state index contributed by atoms with van der Waals surface area (Å²) in [4.78, 5) is 20.7. The molecular weight excluding hydrogens is 310 g/mol. The van der Waals surface area contributed by atoms with E-state index in [1.165, 1.54) is 0 Å². The number of thiazole rings is 1. The Morgan fingerprint density at radius 1 is 1.35 bits per heavy atom. The number of rotatable bonds is 8. The first kappa shape index (κ1) is 17.7. The molecule has 0 radical (unpaired) electrons. The van der Waals surface area contributed by atoms with Crippen LogP contribution in [0.25, 0.3) is 0 Å². The number of nitrogens with zero attached hydrogens (tertiary/aromatic N) is 2. The van der Waals surface area contributed by atoms with Gasteiger partial charge >= 0.3 is 0 Å². The molecule has 2 rings (SSSR count). The van der Waals surface area contributed by atoms with Crippen LogP contribution in [0.5, 0.6) is 0 Å². The average Bonchev–Trinajstić information content (AvgIpc) is 3.27. The van der Waals surface area contributed by atoms with Gasteiger partial charge in [-0.1, -0.05) is 13.8 Å². The van der Waals surface area contributed by atoms with Crippen molar-refractivity contribution in [1.29, 1.82) is 0 Å². The smallest absolute Gasteiger partial charge is 0.223 e. The number of aromatic nitrogens is 1. The third kappa shape index (κ3) is 6.17. The van der Waals surface area contributed by atoms with Gasteiger partial charge in [0.1, 0.15) is 5.01 Å². The van der Waals surface area contributed by atoms with Gasteiger partial charge in [0.25, 0.3) is 0 Å². The van der Waals surface area contributed by atoms with E-state index in [0.29, 0.717) is 25.6 Å². The Kier molecular flexibility index (Phi) is 6.83. The second-order valence-corrected chi connectivity index (χ2v) is 6.95. The molecule has 1 aromatic rings. The van der Waals surface area contributed by atoms with Crippen LogP contribution in [0.1, 0.15) is 50.2 Å². The second-order valence-electron chi connectivity index (χ2n) is 6.01. The average molecular weight is 337 g/mol.